The number of esters is 1. The number of ether oxygens (including phenoxy) is 1. The maximum Gasteiger partial charge on any atom is 0.338 e. The standard InChI is InChI=1S/C15H22N2O2S/c1-3-12-10-17(7-8-20-12)14-9-11(5-6-13(14)16)15(18)19-4-2/h5-6,9,12H,3-4,7-8,10,16H2,1-2H3. The van der Waals surface area contributed by atoms with E-state index in [-0.39, 0.29) is 5.97 Å². The van der Waals surface area contributed by atoms with Gasteiger partial charge in [-0.15, -0.1) is 0 Å². The molecule has 1 aromatic rings. The van der Waals surface area contributed by atoms with Crippen LogP contribution in [-0.2, 0) is 4.74 Å². The van der Waals surface area contributed by atoms with E-state index in [9.17, 15) is 4.79 Å². The summed E-state index contributed by atoms with van der Waals surface area (Å²) < 4.78 is 5.05. The molecular formula is C15H22N2O2S. The van der Waals surface area contributed by atoms with Gasteiger partial charge in [-0.1, -0.05) is 6.92 Å². The van der Waals surface area contributed by atoms with Crippen molar-refractivity contribution in [2.24, 2.45) is 0 Å². The van der Waals surface area contributed by atoms with Gasteiger partial charge in [-0.3, -0.25) is 0 Å². The number of carbonyl (C=O) groups is 1. The molecule has 1 atom stereocenters. The van der Waals surface area contributed by atoms with Gasteiger partial charge in [-0.25, -0.2) is 4.79 Å². The molecule has 2 N–H and O–H groups in total. The third kappa shape index (κ3) is 3.39. The average molecular weight is 294 g/mol. The highest BCUT2D eigenvalue weighted by atomic mass is 32.2. The lowest BCUT2D eigenvalue weighted by atomic mass is 10.1. The van der Waals surface area contributed by atoms with Crippen LogP contribution in [0.25, 0.3) is 0 Å². The van der Waals surface area contributed by atoms with Crippen LogP contribution in [0.2, 0.25) is 0 Å². The first kappa shape index (κ1) is 15.0. The van der Waals surface area contributed by atoms with Gasteiger partial charge in [0.05, 0.1) is 23.5 Å². The molecule has 4 nitrogen and oxygen atoms in total. The Morgan fingerprint density at radius 3 is 3.00 bits per heavy atom. The summed E-state index contributed by atoms with van der Waals surface area (Å²) in [5.74, 6) is 0.814. The Morgan fingerprint density at radius 1 is 1.50 bits per heavy atom. The molecule has 1 aliphatic heterocycles. The Bertz CT molecular complexity index is 479. The minimum Gasteiger partial charge on any atom is -0.462 e. The zero-order chi connectivity index (χ0) is 14.5. The van der Waals surface area contributed by atoms with Crippen molar-refractivity contribution < 1.29 is 9.53 Å². The van der Waals surface area contributed by atoms with E-state index in [2.05, 4.69) is 11.8 Å². The fraction of sp³-hybridized carbons (Fsp3) is 0.533. The molecule has 0 amide bonds. The monoisotopic (exact) mass is 294 g/mol. The largest absolute Gasteiger partial charge is 0.462 e. The summed E-state index contributed by atoms with van der Waals surface area (Å²) in [5, 5.41) is 0.634. The number of benzene rings is 1. The van der Waals surface area contributed by atoms with Crippen LogP contribution in [-0.4, -0.2) is 36.7 Å². The van der Waals surface area contributed by atoms with Gasteiger partial charge in [0.15, 0.2) is 0 Å². The van der Waals surface area contributed by atoms with Crippen molar-refractivity contribution in [1.29, 1.82) is 0 Å². The molecule has 1 unspecified atom stereocenters. The van der Waals surface area contributed by atoms with Gasteiger partial charge in [0.1, 0.15) is 0 Å². The second-order valence-electron chi connectivity index (χ2n) is 4.84. The number of carbonyl (C=O) groups excluding carboxylic acids is 1. The number of nitrogens with two attached hydrogens (primary N) is 1. The van der Waals surface area contributed by atoms with E-state index in [0.29, 0.717) is 17.4 Å². The van der Waals surface area contributed by atoms with Crippen LogP contribution < -0.4 is 10.6 Å². The van der Waals surface area contributed by atoms with Crippen molar-refractivity contribution in [1.82, 2.24) is 0 Å². The van der Waals surface area contributed by atoms with E-state index >= 15 is 0 Å². The molecule has 1 saturated heterocycles. The zero-order valence-electron chi connectivity index (χ0n) is 12.1. The smallest absolute Gasteiger partial charge is 0.338 e. The molecule has 1 aromatic carbocycles. The highest BCUT2D eigenvalue weighted by Crippen LogP contribution is 2.30. The quantitative estimate of drug-likeness (QED) is 0.683. The van der Waals surface area contributed by atoms with E-state index in [1.807, 2.05) is 24.8 Å². The molecule has 1 heterocycles. The van der Waals surface area contributed by atoms with Crippen molar-refractivity contribution in [2.45, 2.75) is 25.5 Å². The third-order valence-corrected chi connectivity index (χ3v) is 4.85. The molecule has 0 aliphatic carbocycles. The predicted octanol–water partition coefficient (Wildman–Crippen LogP) is 2.78. The number of thioether (sulfide) groups is 1. The van der Waals surface area contributed by atoms with E-state index in [1.165, 1.54) is 0 Å². The fourth-order valence-corrected chi connectivity index (χ4v) is 3.52. The Hall–Kier alpha value is -1.36. The summed E-state index contributed by atoms with van der Waals surface area (Å²) in [7, 11) is 0. The van der Waals surface area contributed by atoms with Crippen molar-refractivity contribution in [2.75, 3.05) is 36.1 Å². The van der Waals surface area contributed by atoms with Gasteiger partial charge < -0.3 is 15.4 Å². The third-order valence-electron chi connectivity index (χ3n) is 3.48. The van der Waals surface area contributed by atoms with Gasteiger partial charge in [-0.05, 0) is 31.5 Å². The lowest BCUT2D eigenvalue weighted by Crippen LogP contribution is -2.38. The molecule has 110 valence electrons. The number of hydrogen-bond acceptors (Lipinski definition) is 5. The molecule has 0 radical (unpaired) electrons. The number of hydrogen-bond donors (Lipinski definition) is 1. The minimum absolute atomic E-state index is 0.285. The molecule has 1 aliphatic rings. The molecule has 0 spiro atoms. The topological polar surface area (TPSA) is 55.6 Å². The first-order valence-electron chi connectivity index (χ1n) is 7.08. The minimum atomic E-state index is -0.285. The molecule has 0 bridgehead atoms. The number of nitrogen functional groups attached to an aromatic ring is 1. The highest BCUT2D eigenvalue weighted by molar-refractivity contribution is 8.00. The second kappa shape index (κ2) is 6.88. The molecule has 20 heavy (non-hydrogen) atoms. The summed E-state index contributed by atoms with van der Waals surface area (Å²) in [6, 6.07) is 5.38. The highest BCUT2D eigenvalue weighted by Gasteiger charge is 2.21. The maximum absolute atomic E-state index is 11.8. The Kier molecular flexibility index (Phi) is 5.17. The SMILES string of the molecule is CCOC(=O)c1ccc(N)c(N2CCSC(CC)C2)c1. The summed E-state index contributed by atoms with van der Waals surface area (Å²) in [6.07, 6.45) is 1.15. The van der Waals surface area contributed by atoms with Crippen LogP contribution in [0.4, 0.5) is 11.4 Å². The molecule has 2 rings (SSSR count). The van der Waals surface area contributed by atoms with Crippen LogP contribution >= 0.6 is 11.8 Å². The lowest BCUT2D eigenvalue weighted by molar-refractivity contribution is 0.0526. The van der Waals surface area contributed by atoms with E-state index in [4.69, 9.17) is 10.5 Å². The second-order valence-corrected chi connectivity index (χ2v) is 6.25. The van der Waals surface area contributed by atoms with Crippen LogP contribution in [0.15, 0.2) is 18.2 Å². The Balaban J connectivity index is 2.21. The van der Waals surface area contributed by atoms with Crippen LogP contribution in [0.3, 0.4) is 0 Å². The van der Waals surface area contributed by atoms with Gasteiger partial charge in [-0.2, -0.15) is 11.8 Å². The number of nitrogens with zero attached hydrogens (tertiary/aromatic N) is 1. The van der Waals surface area contributed by atoms with Gasteiger partial charge in [0.25, 0.3) is 0 Å². The molecule has 5 heteroatoms. The van der Waals surface area contributed by atoms with Gasteiger partial charge in [0.2, 0.25) is 0 Å². The Labute approximate surface area is 124 Å². The van der Waals surface area contributed by atoms with E-state index < -0.39 is 0 Å². The first-order chi connectivity index (χ1) is 9.65. The van der Waals surface area contributed by atoms with Gasteiger partial charge >= 0.3 is 5.97 Å². The van der Waals surface area contributed by atoms with Crippen molar-refractivity contribution in [3.63, 3.8) is 0 Å². The summed E-state index contributed by atoms with van der Waals surface area (Å²) in [6.45, 7) is 6.36. The van der Waals surface area contributed by atoms with Crippen molar-refractivity contribution in [3.05, 3.63) is 23.8 Å². The zero-order valence-corrected chi connectivity index (χ0v) is 12.9. The Morgan fingerprint density at radius 2 is 2.30 bits per heavy atom. The predicted molar refractivity (Wildman–Crippen MR) is 85.6 cm³/mol. The molecule has 0 aromatic heterocycles. The van der Waals surface area contributed by atoms with E-state index in [1.54, 1.807) is 12.1 Å². The van der Waals surface area contributed by atoms with Crippen LogP contribution in [0.5, 0.6) is 0 Å². The van der Waals surface area contributed by atoms with E-state index in [0.717, 1.165) is 36.6 Å². The van der Waals surface area contributed by atoms with Crippen molar-refractivity contribution >= 4 is 29.1 Å². The molecular weight excluding hydrogens is 272 g/mol. The van der Waals surface area contributed by atoms with Crippen LogP contribution in [0, 0.1) is 0 Å². The first-order valence-corrected chi connectivity index (χ1v) is 8.13. The van der Waals surface area contributed by atoms with Gasteiger partial charge in [0, 0.05) is 24.1 Å². The summed E-state index contributed by atoms with van der Waals surface area (Å²) in [4.78, 5) is 14.1. The summed E-state index contributed by atoms with van der Waals surface area (Å²) in [5.41, 5.74) is 8.33. The normalized spacial score (nSPS) is 18.9. The average Bonchev–Trinajstić information content (AvgIpc) is 2.48. The van der Waals surface area contributed by atoms with Crippen molar-refractivity contribution in [3.8, 4) is 0 Å². The maximum atomic E-state index is 11.8. The lowest BCUT2D eigenvalue weighted by Gasteiger charge is -2.34. The summed E-state index contributed by atoms with van der Waals surface area (Å²) >= 11 is 2.01. The fourth-order valence-electron chi connectivity index (χ4n) is 2.34. The molecule has 1 fully saturated rings. The number of rotatable bonds is 4. The molecule has 0 saturated carbocycles. The number of anilines is 2. The van der Waals surface area contributed by atoms with Crippen LogP contribution in [0.1, 0.15) is 30.6 Å².